The fraction of sp³-hybridized carbons (Fsp3) is 1.00. The Hall–Kier alpha value is 0.310. The average Bonchev–Trinajstić information content (AvgIpc) is 2.56. The van der Waals surface area contributed by atoms with Crippen molar-refractivity contribution in [1.82, 2.24) is 0 Å². The molecule has 58 valence electrons. The Morgan fingerprint density at radius 2 is 2.40 bits per heavy atom. The van der Waals surface area contributed by atoms with Gasteiger partial charge < -0.3 is 5.73 Å². The topological polar surface area (TPSA) is 26.0 Å². The molecule has 0 aromatic rings. The molecular formula is C8H15NS. The van der Waals surface area contributed by atoms with Gasteiger partial charge in [0.1, 0.15) is 0 Å². The van der Waals surface area contributed by atoms with Crippen molar-refractivity contribution in [2.75, 3.05) is 18.1 Å². The molecule has 2 rings (SSSR count). The highest BCUT2D eigenvalue weighted by atomic mass is 32.2. The highest BCUT2D eigenvalue weighted by Crippen LogP contribution is 2.48. The molecule has 1 saturated heterocycles. The maximum atomic E-state index is 5.59. The van der Waals surface area contributed by atoms with E-state index in [1.165, 1.54) is 24.3 Å². The summed E-state index contributed by atoms with van der Waals surface area (Å²) in [6, 6.07) is 0. The molecule has 0 spiro atoms. The molecule has 2 N–H and O–H groups in total. The molecule has 1 aliphatic heterocycles. The van der Waals surface area contributed by atoms with E-state index in [2.05, 4.69) is 11.8 Å². The maximum absolute atomic E-state index is 5.59. The molecule has 1 aliphatic carbocycles. The van der Waals surface area contributed by atoms with Gasteiger partial charge in [0.25, 0.3) is 0 Å². The molecule has 3 atom stereocenters. The second-order valence-electron chi connectivity index (χ2n) is 3.52. The standard InChI is InChI=1S/C8H15NS/c9-4-7-3-8(7)6-1-2-10-5-6/h6-8H,1-5,9H2. The summed E-state index contributed by atoms with van der Waals surface area (Å²) in [4.78, 5) is 0. The van der Waals surface area contributed by atoms with Gasteiger partial charge in [-0.1, -0.05) is 0 Å². The summed E-state index contributed by atoms with van der Waals surface area (Å²) in [6.45, 7) is 0.936. The molecule has 0 amide bonds. The van der Waals surface area contributed by atoms with Crippen molar-refractivity contribution in [1.29, 1.82) is 0 Å². The van der Waals surface area contributed by atoms with Crippen LogP contribution >= 0.6 is 11.8 Å². The molecule has 2 fully saturated rings. The van der Waals surface area contributed by atoms with Crippen molar-refractivity contribution in [3.63, 3.8) is 0 Å². The van der Waals surface area contributed by atoms with E-state index < -0.39 is 0 Å². The minimum Gasteiger partial charge on any atom is -0.330 e. The second kappa shape index (κ2) is 2.74. The average molecular weight is 157 g/mol. The monoisotopic (exact) mass is 157 g/mol. The maximum Gasteiger partial charge on any atom is -0.00361 e. The van der Waals surface area contributed by atoms with E-state index in [1.54, 1.807) is 0 Å². The molecule has 0 bridgehead atoms. The van der Waals surface area contributed by atoms with E-state index in [0.29, 0.717) is 0 Å². The lowest BCUT2D eigenvalue weighted by molar-refractivity contribution is 0.488. The van der Waals surface area contributed by atoms with Crippen LogP contribution in [0.2, 0.25) is 0 Å². The Kier molecular flexibility index (Phi) is 1.92. The second-order valence-corrected chi connectivity index (χ2v) is 4.67. The van der Waals surface area contributed by atoms with Gasteiger partial charge >= 0.3 is 0 Å². The van der Waals surface area contributed by atoms with Crippen LogP contribution in [0.4, 0.5) is 0 Å². The van der Waals surface area contributed by atoms with E-state index in [1.807, 2.05) is 0 Å². The summed E-state index contributed by atoms with van der Waals surface area (Å²) in [6.07, 6.45) is 2.90. The van der Waals surface area contributed by atoms with E-state index >= 15 is 0 Å². The Bertz CT molecular complexity index is 120. The fourth-order valence-corrected chi connectivity index (χ4v) is 3.36. The van der Waals surface area contributed by atoms with Gasteiger partial charge in [-0.2, -0.15) is 11.8 Å². The third kappa shape index (κ3) is 1.19. The van der Waals surface area contributed by atoms with Gasteiger partial charge in [0.15, 0.2) is 0 Å². The lowest BCUT2D eigenvalue weighted by Crippen LogP contribution is -2.08. The lowest BCUT2D eigenvalue weighted by atomic mass is 10.0. The Morgan fingerprint density at radius 1 is 1.50 bits per heavy atom. The van der Waals surface area contributed by atoms with Crippen LogP contribution in [0.25, 0.3) is 0 Å². The molecular weight excluding hydrogens is 142 g/mol. The normalized spacial score (nSPS) is 45.9. The van der Waals surface area contributed by atoms with Crippen LogP contribution < -0.4 is 5.73 Å². The number of hydrogen-bond acceptors (Lipinski definition) is 2. The van der Waals surface area contributed by atoms with E-state index in [9.17, 15) is 0 Å². The van der Waals surface area contributed by atoms with E-state index in [0.717, 1.165) is 24.3 Å². The van der Waals surface area contributed by atoms with Crippen molar-refractivity contribution in [3.05, 3.63) is 0 Å². The van der Waals surface area contributed by atoms with Crippen molar-refractivity contribution in [2.24, 2.45) is 23.5 Å². The van der Waals surface area contributed by atoms with Crippen molar-refractivity contribution >= 4 is 11.8 Å². The van der Waals surface area contributed by atoms with Crippen molar-refractivity contribution < 1.29 is 0 Å². The Labute approximate surface area is 66.7 Å². The Balaban J connectivity index is 1.79. The van der Waals surface area contributed by atoms with Crippen LogP contribution in [-0.4, -0.2) is 18.1 Å². The van der Waals surface area contributed by atoms with Crippen molar-refractivity contribution in [3.8, 4) is 0 Å². The van der Waals surface area contributed by atoms with Gasteiger partial charge in [0, 0.05) is 0 Å². The van der Waals surface area contributed by atoms with Gasteiger partial charge in [0.2, 0.25) is 0 Å². The fourth-order valence-electron chi connectivity index (χ4n) is 2.01. The van der Waals surface area contributed by atoms with E-state index in [-0.39, 0.29) is 0 Å². The predicted molar refractivity (Wildman–Crippen MR) is 46.1 cm³/mol. The molecule has 10 heavy (non-hydrogen) atoms. The van der Waals surface area contributed by atoms with Gasteiger partial charge in [-0.25, -0.2) is 0 Å². The van der Waals surface area contributed by atoms with Crippen LogP contribution in [0.5, 0.6) is 0 Å². The first-order valence-corrected chi connectivity index (χ1v) is 5.35. The number of nitrogens with two attached hydrogens (primary N) is 1. The third-order valence-electron chi connectivity index (χ3n) is 2.85. The summed E-state index contributed by atoms with van der Waals surface area (Å²) in [5, 5.41) is 0. The summed E-state index contributed by atoms with van der Waals surface area (Å²) in [7, 11) is 0. The molecule has 2 aliphatic rings. The molecule has 0 radical (unpaired) electrons. The molecule has 1 heterocycles. The predicted octanol–water partition coefficient (Wildman–Crippen LogP) is 1.33. The van der Waals surface area contributed by atoms with Crippen LogP contribution in [0.1, 0.15) is 12.8 Å². The first kappa shape index (κ1) is 6.99. The first-order chi connectivity index (χ1) is 4.92. The molecule has 0 aromatic carbocycles. The van der Waals surface area contributed by atoms with Crippen LogP contribution in [0, 0.1) is 17.8 Å². The smallest absolute Gasteiger partial charge is 0.00361 e. The van der Waals surface area contributed by atoms with Crippen LogP contribution in [0.3, 0.4) is 0 Å². The summed E-state index contributed by atoms with van der Waals surface area (Å²) in [5.74, 6) is 5.79. The number of rotatable bonds is 2. The first-order valence-electron chi connectivity index (χ1n) is 4.19. The number of thioether (sulfide) groups is 1. The molecule has 1 nitrogen and oxygen atoms in total. The third-order valence-corrected chi connectivity index (χ3v) is 4.04. The zero-order valence-electron chi connectivity index (χ0n) is 6.25. The van der Waals surface area contributed by atoms with E-state index in [4.69, 9.17) is 5.73 Å². The Morgan fingerprint density at radius 3 is 2.90 bits per heavy atom. The summed E-state index contributed by atoms with van der Waals surface area (Å²) in [5.41, 5.74) is 5.59. The zero-order chi connectivity index (χ0) is 6.97. The van der Waals surface area contributed by atoms with Gasteiger partial charge in [-0.15, -0.1) is 0 Å². The minimum absolute atomic E-state index is 0.906. The largest absolute Gasteiger partial charge is 0.330 e. The SMILES string of the molecule is NCC1CC1C1CCSC1. The lowest BCUT2D eigenvalue weighted by Gasteiger charge is -2.04. The van der Waals surface area contributed by atoms with Crippen LogP contribution in [0.15, 0.2) is 0 Å². The van der Waals surface area contributed by atoms with Crippen molar-refractivity contribution in [2.45, 2.75) is 12.8 Å². The number of hydrogen-bond donors (Lipinski definition) is 1. The van der Waals surface area contributed by atoms with Gasteiger partial charge in [-0.05, 0) is 48.6 Å². The molecule has 3 unspecified atom stereocenters. The molecule has 1 saturated carbocycles. The molecule has 2 heteroatoms. The summed E-state index contributed by atoms with van der Waals surface area (Å²) >= 11 is 2.12. The van der Waals surface area contributed by atoms with Crippen LogP contribution in [-0.2, 0) is 0 Å². The minimum atomic E-state index is 0.906. The highest BCUT2D eigenvalue weighted by Gasteiger charge is 2.42. The summed E-state index contributed by atoms with van der Waals surface area (Å²) < 4.78 is 0. The zero-order valence-corrected chi connectivity index (χ0v) is 7.07. The highest BCUT2D eigenvalue weighted by molar-refractivity contribution is 7.99. The van der Waals surface area contributed by atoms with Gasteiger partial charge in [-0.3, -0.25) is 0 Å². The molecule has 0 aromatic heterocycles. The van der Waals surface area contributed by atoms with Gasteiger partial charge in [0.05, 0.1) is 0 Å². The quantitative estimate of drug-likeness (QED) is 0.654.